The fourth-order valence-corrected chi connectivity index (χ4v) is 13.4. The van der Waals surface area contributed by atoms with Crippen molar-refractivity contribution in [2.45, 2.75) is 106 Å². The van der Waals surface area contributed by atoms with Gasteiger partial charge >= 0.3 is 0 Å². The third-order valence-electron chi connectivity index (χ3n) is 20.0. The average Bonchev–Trinajstić information content (AvgIpc) is 0.827. The second-order valence-electron chi connectivity index (χ2n) is 29.2. The van der Waals surface area contributed by atoms with Crippen LogP contribution in [0.1, 0.15) is 111 Å². The average molecular weight is 1630 g/mol. The van der Waals surface area contributed by atoms with E-state index >= 15 is 0 Å². The predicted molar refractivity (Wildman–Crippen MR) is 428 cm³/mol. The number of carbonyl (C=O) groups excluding carboxylic acids is 7. The monoisotopic (exact) mass is 1620 g/mol. The molecule has 0 fully saturated rings. The highest BCUT2D eigenvalue weighted by atomic mass is 16.6. The van der Waals surface area contributed by atoms with E-state index in [9.17, 15) is 70.0 Å². The fraction of sp³-hybridized carbons (Fsp3) is 0.395. The molecule has 7 aromatic carbocycles. The largest absolute Gasteiger partial charge is 0.491 e. The van der Waals surface area contributed by atoms with Crippen molar-refractivity contribution in [3.8, 4) is 41.2 Å². The number of amides is 7. The zero-order chi connectivity index (χ0) is 86.4. The number of hydrogen-bond acceptors (Lipinski definition) is 25. The first kappa shape index (κ1) is 91.6. The first-order chi connectivity index (χ1) is 56.3. The lowest BCUT2D eigenvalue weighted by Gasteiger charge is -2.28. The molecule has 0 aromatic heterocycles. The Kier molecular flexibility index (Phi) is 33.2. The number of fused-ring (bicyclic) bond motifs is 7. The Morgan fingerprint density at radius 2 is 0.500 bits per heavy atom. The first-order valence-corrected chi connectivity index (χ1v) is 38.1. The molecule has 7 aromatic rings. The second-order valence-corrected chi connectivity index (χ2v) is 29.2. The van der Waals surface area contributed by atoms with E-state index in [4.69, 9.17) is 53.7 Å². The molecule has 7 aliphatic rings. The molecule has 118 heavy (non-hydrogen) atoms. The van der Waals surface area contributed by atoms with Gasteiger partial charge in [0.05, 0.1) is 101 Å². The summed E-state index contributed by atoms with van der Waals surface area (Å²) in [6.45, 7) is 17.7. The summed E-state index contributed by atoms with van der Waals surface area (Å²) in [6, 6.07) is 42.5. The van der Waals surface area contributed by atoms with Crippen LogP contribution < -0.4 is 54.4 Å². The molecular weight excluding hydrogens is 1520 g/mol. The molecule has 0 saturated carbocycles. The minimum Gasteiger partial charge on any atom is -0.491 e. The molecule has 0 radical (unpaired) electrons. The third kappa shape index (κ3) is 23.0. The van der Waals surface area contributed by atoms with Gasteiger partial charge in [-0.25, -0.2) is 0 Å². The SMILES string of the molecule is CC1Cc2ccc(C#N)cc2N(O)C1=O.COCCOc1ccc2c(c1)N(O)C(=O)C(C)C2.COCCOc1ccc2c(c1)N(O)C(=O)[C@@H](C)C2.COCCOc1ccc2c(c1)N(O)C(=O)[C@H](C)C2.COC[C@H](C)Oc1ccc2c(c1)N(O)C(=O)C(C)C2.C[C@@H]1Cc2ccc(C#N)cc2N(O)C1=O.C[C@H]1Cc2ccc(C#N)cc2N(O)C1=O. The standard InChI is InChI=1S/C14H19NO4.3C13H17NO4.3C11H10N2O2/c1-9-6-11-4-5-12(19-10(2)8-18-3)7-13(11)15(17)14(9)16;3*1-9-7-10-3-4-11(18-6-5-17-2)8-12(10)14(16)13(9)15;3*1-7-4-9-3-2-8(6-12)5-10(9)13(15)11(7)14/h4-5,7,9-10,17H,6,8H2,1-3H3;3*3-4,8-9,16H,5-7H2,1-2H3;3*2-3,5,7,15H,4H2,1H3/t9?,10-;2*9-;;2*7-;/m010.10./s1. The lowest BCUT2D eigenvalue weighted by molar-refractivity contribution is -0.128. The molecule has 7 heterocycles. The van der Waals surface area contributed by atoms with Gasteiger partial charge in [-0.1, -0.05) is 90.9 Å². The van der Waals surface area contributed by atoms with E-state index in [1.54, 1.807) is 138 Å². The van der Waals surface area contributed by atoms with Crippen LogP contribution in [0.3, 0.4) is 0 Å². The summed E-state index contributed by atoms with van der Waals surface area (Å²) >= 11 is 0. The molecule has 7 N–H and O–H groups in total. The number of nitriles is 3. The number of benzene rings is 7. The van der Waals surface area contributed by atoms with Gasteiger partial charge in [0.2, 0.25) is 0 Å². The van der Waals surface area contributed by atoms with E-state index < -0.39 is 0 Å². The summed E-state index contributed by atoms with van der Waals surface area (Å²) in [5.41, 5.74) is 11.1. The van der Waals surface area contributed by atoms with Crippen LogP contribution in [0.5, 0.6) is 23.0 Å². The van der Waals surface area contributed by atoms with Crippen molar-refractivity contribution >= 4 is 81.2 Å². The minimum absolute atomic E-state index is 0.0894. The van der Waals surface area contributed by atoms with E-state index in [-0.39, 0.29) is 88.9 Å². The van der Waals surface area contributed by atoms with E-state index in [1.165, 1.54) is 18.2 Å². The molecule has 0 saturated heterocycles. The van der Waals surface area contributed by atoms with Crippen LogP contribution >= 0.6 is 0 Å². The molecule has 8 atom stereocenters. The second kappa shape index (κ2) is 42.8. The number of ether oxygens (including phenoxy) is 8. The van der Waals surface area contributed by atoms with Crippen LogP contribution in [0.15, 0.2) is 127 Å². The Morgan fingerprint density at radius 3 is 0.703 bits per heavy atom. The Morgan fingerprint density at radius 1 is 0.305 bits per heavy atom. The molecule has 626 valence electrons. The van der Waals surface area contributed by atoms with Gasteiger partial charge in [0.1, 0.15) is 48.9 Å². The molecule has 0 spiro atoms. The summed E-state index contributed by atoms with van der Waals surface area (Å²) in [5.74, 6) is -1.03. The highest BCUT2D eigenvalue weighted by Gasteiger charge is 2.36. The van der Waals surface area contributed by atoms with E-state index in [1.807, 2.05) is 73.7 Å². The van der Waals surface area contributed by atoms with Crippen molar-refractivity contribution < 1.29 is 108 Å². The summed E-state index contributed by atoms with van der Waals surface area (Å²) in [7, 11) is 6.42. The summed E-state index contributed by atoms with van der Waals surface area (Å²) < 4.78 is 41.7. The topological polar surface area (TPSA) is 429 Å². The number of nitrogens with zero attached hydrogens (tertiary/aromatic N) is 10. The zero-order valence-electron chi connectivity index (χ0n) is 67.9. The molecule has 0 bridgehead atoms. The van der Waals surface area contributed by atoms with Gasteiger partial charge in [0.15, 0.2) is 0 Å². The van der Waals surface area contributed by atoms with Crippen molar-refractivity contribution in [1.29, 1.82) is 15.8 Å². The zero-order valence-corrected chi connectivity index (χ0v) is 67.9. The lowest BCUT2D eigenvalue weighted by atomic mass is 9.93. The van der Waals surface area contributed by atoms with Gasteiger partial charge in [-0.3, -0.25) is 70.0 Å². The van der Waals surface area contributed by atoms with Gasteiger partial charge in [-0.05, 0) is 151 Å². The Hall–Kier alpha value is -11.9. The lowest BCUT2D eigenvalue weighted by Crippen LogP contribution is -2.37. The van der Waals surface area contributed by atoms with Crippen LogP contribution in [0.2, 0.25) is 0 Å². The maximum atomic E-state index is 11.7. The Labute approximate surface area is 684 Å². The third-order valence-corrected chi connectivity index (χ3v) is 20.0. The molecule has 3 unspecified atom stereocenters. The van der Waals surface area contributed by atoms with E-state index in [0.717, 1.165) is 44.0 Å². The quantitative estimate of drug-likeness (QED) is 0.0349. The number of hydroxylamine groups is 7. The summed E-state index contributed by atoms with van der Waals surface area (Å²) in [4.78, 5) is 81.2. The molecule has 32 heteroatoms. The highest BCUT2D eigenvalue weighted by molar-refractivity contribution is 6.00. The molecule has 14 rings (SSSR count). The molecule has 32 nitrogen and oxygen atoms in total. The van der Waals surface area contributed by atoms with Gasteiger partial charge < -0.3 is 37.9 Å². The summed E-state index contributed by atoms with van der Waals surface area (Å²) in [6.07, 6.45) is 4.30. The predicted octanol–water partition coefficient (Wildman–Crippen LogP) is 11.3. The van der Waals surface area contributed by atoms with Crippen molar-refractivity contribution in [3.63, 3.8) is 0 Å². The van der Waals surface area contributed by atoms with Gasteiger partial charge in [-0.2, -0.15) is 51.2 Å². The van der Waals surface area contributed by atoms with Crippen LogP contribution in [0.25, 0.3) is 0 Å². The normalized spacial score (nSPS) is 19.3. The van der Waals surface area contributed by atoms with Crippen LogP contribution in [-0.2, 0) is 97.5 Å². The number of anilines is 7. The van der Waals surface area contributed by atoms with Crippen molar-refractivity contribution in [1.82, 2.24) is 0 Å². The number of rotatable bonds is 16. The Bertz CT molecular complexity index is 4480. The van der Waals surface area contributed by atoms with Crippen molar-refractivity contribution in [3.05, 3.63) is 183 Å². The van der Waals surface area contributed by atoms with E-state index in [0.29, 0.717) is 201 Å². The molecule has 7 amide bonds. The van der Waals surface area contributed by atoms with Crippen molar-refractivity contribution in [2.24, 2.45) is 41.4 Å². The summed E-state index contributed by atoms with van der Waals surface area (Å²) in [5, 5.41) is 99.0. The van der Waals surface area contributed by atoms with Gasteiger partial charge in [-0.15, -0.1) is 0 Å². The number of carbonyl (C=O) groups is 7. The van der Waals surface area contributed by atoms with E-state index in [2.05, 4.69) is 0 Å². The smallest absolute Gasteiger partial charge is 0.253 e. The number of methoxy groups -OCH3 is 4. The molecule has 7 aliphatic heterocycles. The molecule has 0 aliphatic carbocycles. The Balaban J connectivity index is 0.000000172. The maximum absolute atomic E-state index is 11.7. The van der Waals surface area contributed by atoms with Gasteiger partial charge in [0.25, 0.3) is 41.4 Å². The highest BCUT2D eigenvalue weighted by Crippen LogP contribution is 2.39. The molecular formula is C86H100N10O22. The van der Waals surface area contributed by atoms with Crippen molar-refractivity contribution in [2.75, 3.05) is 110 Å². The van der Waals surface area contributed by atoms with Crippen LogP contribution in [0.4, 0.5) is 39.8 Å². The number of hydrogen-bond donors (Lipinski definition) is 7. The first-order valence-electron chi connectivity index (χ1n) is 38.1. The van der Waals surface area contributed by atoms with Gasteiger partial charge in [0, 0.05) is 94.1 Å². The fourth-order valence-electron chi connectivity index (χ4n) is 13.4. The van der Waals surface area contributed by atoms with Crippen LogP contribution in [-0.4, -0.2) is 159 Å². The maximum Gasteiger partial charge on any atom is 0.253 e. The van der Waals surface area contributed by atoms with Crippen LogP contribution in [0, 0.1) is 75.4 Å². The minimum atomic E-state index is -0.322.